The van der Waals surface area contributed by atoms with E-state index in [2.05, 4.69) is 4.98 Å². The molecule has 28 heavy (non-hydrogen) atoms. The number of para-hydroxylation sites is 2. The summed E-state index contributed by atoms with van der Waals surface area (Å²) in [6, 6.07) is 11.2. The number of nitrogens with one attached hydrogen (secondary N) is 1. The summed E-state index contributed by atoms with van der Waals surface area (Å²) in [5, 5.41) is 0. The van der Waals surface area contributed by atoms with E-state index in [1.807, 2.05) is 29.2 Å². The van der Waals surface area contributed by atoms with Gasteiger partial charge in [0.1, 0.15) is 5.82 Å². The monoisotopic (exact) mass is 381 g/mol. The number of hydrogen-bond acceptors (Lipinski definition) is 5. The number of rotatable bonds is 5. The molecule has 1 fully saturated rings. The van der Waals surface area contributed by atoms with Gasteiger partial charge in [-0.05, 0) is 37.1 Å². The summed E-state index contributed by atoms with van der Waals surface area (Å²) in [5.74, 6) is 2.13. The minimum atomic E-state index is -0.0843. The van der Waals surface area contributed by atoms with E-state index in [0.717, 1.165) is 29.7 Å². The number of benzene rings is 2. The number of carbonyl (C=O) groups is 1. The number of imidazole rings is 1. The fourth-order valence-corrected chi connectivity index (χ4v) is 3.79. The average Bonchev–Trinajstić information content (AvgIpc) is 3.38. The van der Waals surface area contributed by atoms with Crippen LogP contribution in [0.15, 0.2) is 36.4 Å². The van der Waals surface area contributed by atoms with Crippen molar-refractivity contribution in [2.75, 3.05) is 27.9 Å². The zero-order chi connectivity index (χ0) is 19.7. The van der Waals surface area contributed by atoms with Gasteiger partial charge in [-0.2, -0.15) is 0 Å². The fourth-order valence-electron chi connectivity index (χ4n) is 3.79. The molecule has 0 aliphatic carbocycles. The van der Waals surface area contributed by atoms with Gasteiger partial charge in [0.15, 0.2) is 11.5 Å². The first-order valence-corrected chi connectivity index (χ1v) is 9.22. The highest BCUT2D eigenvalue weighted by Crippen LogP contribution is 2.40. The number of hydrogen-bond donors (Lipinski definition) is 1. The maximum atomic E-state index is 13.3. The zero-order valence-corrected chi connectivity index (χ0v) is 16.2. The molecular formula is C21H23N3O4. The molecule has 0 spiro atoms. The van der Waals surface area contributed by atoms with Crippen LogP contribution in [0.1, 0.15) is 35.1 Å². The first kappa shape index (κ1) is 18.2. The highest BCUT2D eigenvalue weighted by atomic mass is 16.5. The quantitative estimate of drug-likeness (QED) is 0.731. The lowest BCUT2D eigenvalue weighted by Crippen LogP contribution is -2.31. The predicted octanol–water partition coefficient (Wildman–Crippen LogP) is 3.57. The van der Waals surface area contributed by atoms with Crippen molar-refractivity contribution in [3.05, 3.63) is 47.8 Å². The molecule has 7 nitrogen and oxygen atoms in total. The van der Waals surface area contributed by atoms with Gasteiger partial charge < -0.3 is 24.1 Å². The molecule has 4 rings (SSSR count). The van der Waals surface area contributed by atoms with Crippen molar-refractivity contribution in [1.29, 1.82) is 0 Å². The minimum Gasteiger partial charge on any atom is -0.493 e. The maximum absolute atomic E-state index is 13.3. The first-order valence-electron chi connectivity index (χ1n) is 9.22. The zero-order valence-electron chi connectivity index (χ0n) is 16.2. The average molecular weight is 381 g/mol. The Labute approximate surface area is 163 Å². The molecule has 7 heteroatoms. The number of likely N-dealkylation sites (tertiary alicyclic amines) is 1. The molecule has 1 N–H and O–H groups in total. The molecule has 2 heterocycles. The van der Waals surface area contributed by atoms with Gasteiger partial charge in [-0.1, -0.05) is 12.1 Å². The van der Waals surface area contributed by atoms with Crippen LogP contribution in [0.4, 0.5) is 0 Å². The Morgan fingerprint density at radius 2 is 1.82 bits per heavy atom. The Balaban J connectivity index is 1.68. The molecule has 146 valence electrons. The molecule has 0 bridgehead atoms. The van der Waals surface area contributed by atoms with Crippen molar-refractivity contribution >= 4 is 16.9 Å². The Kier molecular flexibility index (Phi) is 4.81. The number of nitrogens with zero attached hydrogens (tertiary/aromatic N) is 2. The second kappa shape index (κ2) is 7.42. The van der Waals surface area contributed by atoms with Crippen molar-refractivity contribution < 1.29 is 19.0 Å². The minimum absolute atomic E-state index is 0.0813. The molecule has 1 aliphatic heterocycles. The predicted molar refractivity (Wildman–Crippen MR) is 105 cm³/mol. The molecule has 2 aromatic carbocycles. The number of H-pyrrole nitrogens is 1. The van der Waals surface area contributed by atoms with Crippen LogP contribution >= 0.6 is 0 Å². The molecule has 0 saturated carbocycles. The van der Waals surface area contributed by atoms with Gasteiger partial charge in [0.25, 0.3) is 5.91 Å². The van der Waals surface area contributed by atoms with Crippen LogP contribution in [0.5, 0.6) is 17.2 Å². The molecular weight excluding hydrogens is 358 g/mol. The van der Waals surface area contributed by atoms with E-state index in [9.17, 15) is 4.79 Å². The molecule has 3 aromatic rings. The molecule has 1 aliphatic rings. The van der Waals surface area contributed by atoms with Gasteiger partial charge in [-0.3, -0.25) is 4.79 Å². The highest BCUT2D eigenvalue weighted by Gasteiger charge is 2.33. The number of aromatic amines is 1. The normalized spacial score (nSPS) is 16.4. The standard InChI is InChI=1S/C21H23N3O4/c1-26-17-11-13(12-18(27-2)19(17)28-3)21(25)24-10-6-9-16(24)20-22-14-7-4-5-8-15(14)23-20/h4-5,7-8,11-12,16H,6,9-10H2,1-3H3,(H,22,23)/t16-/m0/s1. The summed E-state index contributed by atoms with van der Waals surface area (Å²) in [4.78, 5) is 23.2. The third-order valence-corrected chi connectivity index (χ3v) is 5.15. The second-order valence-corrected chi connectivity index (χ2v) is 6.71. The number of ether oxygens (including phenoxy) is 3. The van der Waals surface area contributed by atoms with Gasteiger partial charge in [-0.25, -0.2) is 4.98 Å². The molecule has 0 unspecified atom stereocenters. The van der Waals surface area contributed by atoms with Crippen molar-refractivity contribution in [2.24, 2.45) is 0 Å². The smallest absolute Gasteiger partial charge is 0.254 e. The van der Waals surface area contributed by atoms with Crippen LogP contribution in [-0.4, -0.2) is 48.6 Å². The summed E-state index contributed by atoms with van der Waals surface area (Å²) < 4.78 is 16.1. The van der Waals surface area contributed by atoms with E-state index >= 15 is 0 Å². The Bertz CT molecular complexity index is 956. The third kappa shape index (κ3) is 3.02. The van der Waals surface area contributed by atoms with E-state index in [-0.39, 0.29) is 11.9 Å². The van der Waals surface area contributed by atoms with Crippen LogP contribution in [0, 0.1) is 0 Å². The number of carbonyl (C=O) groups excluding carboxylic acids is 1. The van der Waals surface area contributed by atoms with Crippen LogP contribution in [0.25, 0.3) is 11.0 Å². The molecule has 1 aromatic heterocycles. The number of aromatic nitrogens is 2. The van der Waals surface area contributed by atoms with E-state index in [4.69, 9.17) is 19.2 Å². The lowest BCUT2D eigenvalue weighted by atomic mass is 10.1. The molecule has 0 radical (unpaired) electrons. The highest BCUT2D eigenvalue weighted by molar-refractivity contribution is 5.96. The lowest BCUT2D eigenvalue weighted by Gasteiger charge is -2.24. The van der Waals surface area contributed by atoms with E-state index < -0.39 is 0 Å². The van der Waals surface area contributed by atoms with Gasteiger partial charge in [0.05, 0.1) is 38.4 Å². The Hall–Kier alpha value is -3.22. The van der Waals surface area contributed by atoms with Crippen LogP contribution < -0.4 is 14.2 Å². The van der Waals surface area contributed by atoms with Crippen molar-refractivity contribution in [1.82, 2.24) is 14.9 Å². The second-order valence-electron chi connectivity index (χ2n) is 6.71. The summed E-state index contributed by atoms with van der Waals surface area (Å²) in [6.07, 6.45) is 1.80. The van der Waals surface area contributed by atoms with Crippen molar-refractivity contribution in [3.63, 3.8) is 0 Å². The Morgan fingerprint density at radius 3 is 2.46 bits per heavy atom. The van der Waals surface area contributed by atoms with Gasteiger partial charge in [0.2, 0.25) is 5.75 Å². The van der Waals surface area contributed by atoms with Gasteiger partial charge in [0, 0.05) is 12.1 Å². The van der Waals surface area contributed by atoms with Crippen molar-refractivity contribution in [2.45, 2.75) is 18.9 Å². The SMILES string of the molecule is COc1cc(C(=O)N2CCC[C@H]2c2nc3ccccc3[nH]2)cc(OC)c1OC. The first-order chi connectivity index (χ1) is 13.7. The topological polar surface area (TPSA) is 76.7 Å². The van der Waals surface area contributed by atoms with Gasteiger partial charge >= 0.3 is 0 Å². The number of amides is 1. The summed E-state index contributed by atoms with van der Waals surface area (Å²) >= 11 is 0. The number of fused-ring (bicyclic) bond motifs is 1. The Morgan fingerprint density at radius 1 is 1.11 bits per heavy atom. The summed E-state index contributed by atoms with van der Waals surface area (Å²) in [5.41, 5.74) is 2.38. The van der Waals surface area contributed by atoms with E-state index in [0.29, 0.717) is 29.4 Å². The number of methoxy groups -OCH3 is 3. The third-order valence-electron chi connectivity index (χ3n) is 5.15. The van der Waals surface area contributed by atoms with Crippen molar-refractivity contribution in [3.8, 4) is 17.2 Å². The maximum Gasteiger partial charge on any atom is 0.254 e. The van der Waals surface area contributed by atoms with E-state index in [1.54, 1.807) is 33.5 Å². The van der Waals surface area contributed by atoms with Crippen LogP contribution in [0.3, 0.4) is 0 Å². The molecule has 1 atom stereocenters. The molecule has 1 amide bonds. The van der Waals surface area contributed by atoms with Crippen LogP contribution in [-0.2, 0) is 0 Å². The summed E-state index contributed by atoms with van der Waals surface area (Å²) in [7, 11) is 4.62. The van der Waals surface area contributed by atoms with E-state index in [1.165, 1.54) is 0 Å². The summed E-state index contributed by atoms with van der Waals surface area (Å²) in [6.45, 7) is 0.678. The lowest BCUT2D eigenvalue weighted by molar-refractivity contribution is 0.0729. The largest absolute Gasteiger partial charge is 0.493 e. The molecule has 1 saturated heterocycles. The van der Waals surface area contributed by atoms with Gasteiger partial charge in [-0.15, -0.1) is 0 Å². The van der Waals surface area contributed by atoms with Crippen LogP contribution in [0.2, 0.25) is 0 Å². The fraction of sp³-hybridized carbons (Fsp3) is 0.333.